The highest BCUT2D eigenvalue weighted by atomic mass is 35.5. The molecule has 0 saturated carbocycles. The molecule has 0 bridgehead atoms. The first-order valence-electron chi connectivity index (χ1n) is 6.28. The number of urea groups is 1. The number of nitrogens with one attached hydrogen (secondary N) is 2. The van der Waals surface area contributed by atoms with E-state index in [9.17, 15) is 9.59 Å². The first-order chi connectivity index (χ1) is 8.99. The summed E-state index contributed by atoms with van der Waals surface area (Å²) in [5, 5.41) is 4.18. The first-order valence-corrected chi connectivity index (χ1v) is 6.72. The molecule has 0 aromatic heterocycles. The van der Waals surface area contributed by atoms with Crippen LogP contribution in [0.15, 0.2) is 30.3 Å². The second kappa shape index (κ2) is 7.79. The van der Waals surface area contributed by atoms with Crippen LogP contribution in [0, 0.1) is 0 Å². The largest absolute Gasteiger partial charge is 0.335 e. The average Bonchev–Trinajstić information content (AvgIpc) is 2.37. The fraction of sp³-hybridized carbons (Fsp3) is 0.429. The lowest BCUT2D eigenvalue weighted by molar-refractivity contribution is -0.119. The van der Waals surface area contributed by atoms with Gasteiger partial charge in [0.1, 0.15) is 5.38 Å². The lowest BCUT2D eigenvalue weighted by Gasteiger charge is -2.14. The molecule has 1 aromatic rings. The van der Waals surface area contributed by atoms with Gasteiger partial charge in [-0.25, -0.2) is 4.79 Å². The van der Waals surface area contributed by atoms with E-state index in [1.807, 2.05) is 37.3 Å². The van der Waals surface area contributed by atoms with Crippen molar-refractivity contribution >= 4 is 23.5 Å². The summed E-state index contributed by atoms with van der Waals surface area (Å²) in [6, 6.07) is 9.52. The van der Waals surface area contributed by atoms with Gasteiger partial charge in [0.2, 0.25) is 5.91 Å². The van der Waals surface area contributed by atoms with Crippen LogP contribution in [-0.2, 0) is 11.2 Å². The van der Waals surface area contributed by atoms with Crippen molar-refractivity contribution in [2.75, 3.05) is 0 Å². The van der Waals surface area contributed by atoms with Crippen molar-refractivity contribution in [3.05, 3.63) is 35.9 Å². The zero-order valence-electron chi connectivity index (χ0n) is 11.2. The molecule has 2 unspecified atom stereocenters. The van der Waals surface area contributed by atoms with E-state index in [1.165, 1.54) is 12.5 Å². The van der Waals surface area contributed by atoms with E-state index < -0.39 is 17.3 Å². The number of rotatable bonds is 5. The SMILES string of the molecule is CC(CCc1ccccc1)NC(=O)NC(=O)C(C)Cl. The predicted molar refractivity (Wildman–Crippen MR) is 76.2 cm³/mol. The molecule has 3 amide bonds. The summed E-state index contributed by atoms with van der Waals surface area (Å²) in [6.07, 6.45) is 1.68. The van der Waals surface area contributed by atoms with Gasteiger partial charge in [-0.1, -0.05) is 30.3 Å². The summed E-state index contributed by atoms with van der Waals surface area (Å²) in [7, 11) is 0. The second-order valence-electron chi connectivity index (χ2n) is 4.50. The van der Waals surface area contributed by atoms with E-state index in [4.69, 9.17) is 11.6 Å². The number of imide groups is 1. The molecule has 1 rings (SSSR count). The van der Waals surface area contributed by atoms with Gasteiger partial charge in [0.25, 0.3) is 0 Å². The standard InChI is InChI=1S/C14H19ClN2O2/c1-10(8-9-12-6-4-3-5-7-12)16-14(19)17-13(18)11(2)15/h3-7,10-11H,8-9H2,1-2H3,(H2,16,17,18,19). The summed E-state index contributed by atoms with van der Waals surface area (Å²) >= 11 is 5.56. The van der Waals surface area contributed by atoms with E-state index in [2.05, 4.69) is 10.6 Å². The number of carbonyl (C=O) groups excluding carboxylic acids is 2. The molecular formula is C14H19ClN2O2. The van der Waals surface area contributed by atoms with E-state index in [-0.39, 0.29) is 6.04 Å². The molecule has 0 aliphatic rings. The van der Waals surface area contributed by atoms with Gasteiger partial charge in [0, 0.05) is 6.04 Å². The molecule has 2 N–H and O–H groups in total. The van der Waals surface area contributed by atoms with Crippen molar-refractivity contribution in [3.63, 3.8) is 0 Å². The van der Waals surface area contributed by atoms with Gasteiger partial charge in [-0.05, 0) is 32.3 Å². The number of aryl methyl sites for hydroxylation is 1. The van der Waals surface area contributed by atoms with E-state index >= 15 is 0 Å². The van der Waals surface area contributed by atoms with Crippen LogP contribution in [-0.4, -0.2) is 23.4 Å². The van der Waals surface area contributed by atoms with Crippen LogP contribution in [0.4, 0.5) is 4.79 Å². The minimum atomic E-state index is -0.717. The normalized spacial score (nSPS) is 13.4. The number of hydrogen-bond donors (Lipinski definition) is 2. The molecule has 4 nitrogen and oxygen atoms in total. The van der Waals surface area contributed by atoms with Crippen molar-refractivity contribution in [3.8, 4) is 0 Å². The number of halogens is 1. The fourth-order valence-electron chi connectivity index (χ4n) is 1.57. The second-order valence-corrected chi connectivity index (χ2v) is 5.16. The third kappa shape index (κ3) is 6.25. The van der Waals surface area contributed by atoms with Gasteiger partial charge in [-0.15, -0.1) is 11.6 Å². The Kier molecular flexibility index (Phi) is 6.36. The molecule has 0 saturated heterocycles. The zero-order valence-corrected chi connectivity index (χ0v) is 11.9. The first kappa shape index (κ1) is 15.5. The van der Waals surface area contributed by atoms with E-state index in [1.54, 1.807) is 0 Å². The summed E-state index contributed by atoms with van der Waals surface area (Å²) in [6.45, 7) is 3.42. The van der Waals surface area contributed by atoms with Gasteiger partial charge in [-0.2, -0.15) is 0 Å². The number of alkyl halides is 1. The average molecular weight is 283 g/mol. The Hall–Kier alpha value is -1.55. The molecule has 1 aromatic carbocycles. The topological polar surface area (TPSA) is 58.2 Å². The van der Waals surface area contributed by atoms with Crippen molar-refractivity contribution in [2.45, 2.75) is 38.1 Å². The van der Waals surface area contributed by atoms with Crippen LogP contribution in [0.25, 0.3) is 0 Å². The highest BCUT2D eigenvalue weighted by Crippen LogP contribution is 2.04. The molecule has 0 aliphatic heterocycles. The van der Waals surface area contributed by atoms with Crippen LogP contribution >= 0.6 is 11.6 Å². The molecule has 0 fully saturated rings. The van der Waals surface area contributed by atoms with Gasteiger partial charge < -0.3 is 5.32 Å². The zero-order chi connectivity index (χ0) is 14.3. The smallest absolute Gasteiger partial charge is 0.321 e. The summed E-state index contributed by atoms with van der Waals surface area (Å²) in [5.74, 6) is -0.491. The van der Waals surface area contributed by atoms with Crippen LogP contribution in [0.1, 0.15) is 25.8 Å². The minimum absolute atomic E-state index is 0.0152. The Morgan fingerprint density at radius 3 is 2.42 bits per heavy atom. The quantitative estimate of drug-likeness (QED) is 0.815. The number of benzene rings is 1. The van der Waals surface area contributed by atoms with Crippen LogP contribution in [0.3, 0.4) is 0 Å². The van der Waals surface area contributed by atoms with Crippen molar-refractivity contribution in [1.29, 1.82) is 0 Å². The third-order valence-electron chi connectivity index (χ3n) is 2.68. The van der Waals surface area contributed by atoms with Crippen LogP contribution in [0.2, 0.25) is 0 Å². The van der Waals surface area contributed by atoms with Crippen LogP contribution in [0.5, 0.6) is 0 Å². The maximum Gasteiger partial charge on any atom is 0.321 e. The third-order valence-corrected chi connectivity index (χ3v) is 2.88. The highest BCUT2D eigenvalue weighted by molar-refractivity contribution is 6.31. The molecule has 5 heteroatoms. The molecule has 2 atom stereocenters. The number of carbonyl (C=O) groups is 2. The molecule has 0 spiro atoms. The molecule has 0 aliphatic carbocycles. The van der Waals surface area contributed by atoms with Crippen LogP contribution < -0.4 is 10.6 Å². The molecule has 19 heavy (non-hydrogen) atoms. The molecule has 0 radical (unpaired) electrons. The maximum absolute atomic E-state index is 11.5. The van der Waals surface area contributed by atoms with Crippen molar-refractivity contribution < 1.29 is 9.59 Å². The van der Waals surface area contributed by atoms with Gasteiger partial charge in [0.05, 0.1) is 0 Å². The fourth-order valence-corrected chi connectivity index (χ4v) is 1.63. The Labute approximate surface area is 118 Å². The lowest BCUT2D eigenvalue weighted by atomic mass is 10.1. The van der Waals surface area contributed by atoms with E-state index in [0.29, 0.717) is 0 Å². The van der Waals surface area contributed by atoms with E-state index in [0.717, 1.165) is 12.8 Å². The molecular weight excluding hydrogens is 264 g/mol. The monoisotopic (exact) mass is 282 g/mol. The maximum atomic E-state index is 11.5. The summed E-state index contributed by atoms with van der Waals surface area (Å²) in [4.78, 5) is 22.7. The minimum Gasteiger partial charge on any atom is -0.335 e. The highest BCUT2D eigenvalue weighted by Gasteiger charge is 2.14. The van der Waals surface area contributed by atoms with Crippen molar-refractivity contribution in [2.24, 2.45) is 0 Å². The summed E-state index contributed by atoms with van der Waals surface area (Å²) in [5.41, 5.74) is 1.22. The Bertz CT molecular complexity index is 421. The Balaban J connectivity index is 2.29. The number of hydrogen-bond acceptors (Lipinski definition) is 2. The Morgan fingerprint density at radius 2 is 1.84 bits per heavy atom. The van der Waals surface area contributed by atoms with Gasteiger partial charge >= 0.3 is 6.03 Å². The lowest BCUT2D eigenvalue weighted by Crippen LogP contribution is -2.45. The summed E-state index contributed by atoms with van der Waals surface area (Å²) < 4.78 is 0. The van der Waals surface area contributed by atoms with Gasteiger partial charge in [0.15, 0.2) is 0 Å². The number of amides is 3. The van der Waals surface area contributed by atoms with Gasteiger partial charge in [-0.3, -0.25) is 10.1 Å². The predicted octanol–water partition coefficient (Wildman–Crippen LogP) is 2.46. The van der Waals surface area contributed by atoms with Crippen molar-refractivity contribution in [1.82, 2.24) is 10.6 Å². The molecule has 104 valence electrons. The molecule has 0 heterocycles. The Morgan fingerprint density at radius 1 is 1.21 bits per heavy atom.